The first-order valence-electron chi connectivity index (χ1n) is 5.79. The molecule has 0 fully saturated rings. The molecule has 0 aliphatic heterocycles. The molecule has 3 N–H and O–H groups in total. The molecule has 102 valence electrons. The average molecular weight is 264 g/mol. The third-order valence-electron chi connectivity index (χ3n) is 2.19. The van der Waals surface area contributed by atoms with E-state index in [1.54, 1.807) is 24.5 Å². The van der Waals surface area contributed by atoms with Gasteiger partial charge >= 0.3 is 11.8 Å². The zero-order valence-electron chi connectivity index (χ0n) is 10.6. The Balaban J connectivity index is 2.22. The SMILES string of the molecule is CC(=O)NCCNC(=O)C(=O)NCc1ccncc1. The smallest absolute Gasteiger partial charge is 0.309 e. The summed E-state index contributed by atoms with van der Waals surface area (Å²) in [7, 11) is 0. The number of carbonyl (C=O) groups excluding carboxylic acids is 3. The minimum atomic E-state index is -0.723. The largest absolute Gasteiger partial charge is 0.355 e. The Morgan fingerprint density at radius 1 is 1.00 bits per heavy atom. The minimum absolute atomic E-state index is 0.184. The summed E-state index contributed by atoms with van der Waals surface area (Å²) in [5, 5.41) is 7.38. The summed E-state index contributed by atoms with van der Waals surface area (Å²) in [5.41, 5.74) is 0.856. The molecule has 0 bridgehead atoms. The maximum absolute atomic E-state index is 11.4. The standard InChI is InChI=1S/C12H16N4O3/c1-9(17)14-6-7-15-11(18)12(19)16-8-10-2-4-13-5-3-10/h2-5H,6-8H2,1H3,(H,14,17)(H,15,18)(H,16,19). The topological polar surface area (TPSA) is 100 Å². The van der Waals surface area contributed by atoms with Crippen molar-refractivity contribution in [3.63, 3.8) is 0 Å². The lowest BCUT2D eigenvalue weighted by molar-refractivity contribution is -0.139. The van der Waals surface area contributed by atoms with Gasteiger partial charge in [0.1, 0.15) is 0 Å². The fourth-order valence-electron chi connectivity index (χ4n) is 1.26. The van der Waals surface area contributed by atoms with E-state index in [0.717, 1.165) is 5.56 Å². The molecular formula is C12H16N4O3. The molecule has 7 nitrogen and oxygen atoms in total. The van der Waals surface area contributed by atoms with Crippen LogP contribution in [0.3, 0.4) is 0 Å². The number of amides is 3. The van der Waals surface area contributed by atoms with Crippen LogP contribution in [0, 0.1) is 0 Å². The maximum atomic E-state index is 11.4. The van der Waals surface area contributed by atoms with Crippen LogP contribution >= 0.6 is 0 Å². The number of nitrogens with one attached hydrogen (secondary N) is 3. The highest BCUT2D eigenvalue weighted by molar-refractivity contribution is 6.35. The number of rotatable bonds is 5. The summed E-state index contributed by atoms with van der Waals surface area (Å²) < 4.78 is 0. The van der Waals surface area contributed by atoms with Gasteiger partial charge in [0.15, 0.2) is 0 Å². The van der Waals surface area contributed by atoms with Crippen molar-refractivity contribution in [2.24, 2.45) is 0 Å². The van der Waals surface area contributed by atoms with Crippen LogP contribution < -0.4 is 16.0 Å². The van der Waals surface area contributed by atoms with Crippen LogP contribution in [0.2, 0.25) is 0 Å². The van der Waals surface area contributed by atoms with Crippen LogP contribution in [-0.4, -0.2) is 35.8 Å². The Morgan fingerprint density at radius 2 is 1.58 bits per heavy atom. The van der Waals surface area contributed by atoms with Gasteiger partial charge in [0.2, 0.25) is 5.91 Å². The summed E-state index contributed by atoms with van der Waals surface area (Å²) in [5.74, 6) is -1.62. The molecule has 0 aromatic carbocycles. The van der Waals surface area contributed by atoms with E-state index >= 15 is 0 Å². The molecule has 1 rings (SSSR count). The van der Waals surface area contributed by atoms with E-state index in [-0.39, 0.29) is 19.0 Å². The Hall–Kier alpha value is -2.44. The minimum Gasteiger partial charge on any atom is -0.355 e. The molecule has 19 heavy (non-hydrogen) atoms. The van der Waals surface area contributed by atoms with Gasteiger partial charge in [-0.1, -0.05) is 0 Å². The number of pyridine rings is 1. The van der Waals surface area contributed by atoms with Crippen LogP contribution in [0.15, 0.2) is 24.5 Å². The van der Waals surface area contributed by atoms with Crippen LogP contribution in [0.1, 0.15) is 12.5 Å². The monoisotopic (exact) mass is 264 g/mol. The van der Waals surface area contributed by atoms with E-state index in [2.05, 4.69) is 20.9 Å². The Labute approximate surface area is 110 Å². The number of hydrogen-bond donors (Lipinski definition) is 3. The number of aromatic nitrogens is 1. The highest BCUT2D eigenvalue weighted by Crippen LogP contribution is 1.94. The summed E-state index contributed by atoms with van der Waals surface area (Å²) in [6, 6.07) is 3.49. The molecule has 1 heterocycles. The van der Waals surface area contributed by atoms with E-state index < -0.39 is 11.8 Å². The lowest BCUT2D eigenvalue weighted by Gasteiger charge is -2.06. The second-order valence-electron chi connectivity index (χ2n) is 3.78. The van der Waals surface area contributed by atoms with Crippen molar-refractivity contribution >= 4 is 17.7 Å². The second kappa shape index (κ2) is 7.80. The molecule has 0 saturated carbocycles. The first kappa shape index (κ1) is 14.6. The van der Waals surface area contributed by atoms with Crippen molar-refractivity contribution in [2.45, 2.75) is 13.5 Å². The first-order valence-corrected chi connectivity index (χ1v) is 5.79. The molecular weight excluding hydrogens is 248 g/mol. The second-order valence-corrected chi connectivity index (χ2v) is 3.78. The predicted octanol–water partition coefficient (Wildman–Crippen LogP) is -1.05. The van der Waals surface area contributed by atoms with Gasteiger partial charge in [0.05, 0.1) is 0 Å². The fourth-order valence-corrected chi connectivity index (χ4v) is 1.26. The van der Waals surface area contributed by atoms with Gasteiger partial charge in [-0.05, 0) is 17.7 Å². The van der Waals surface area contributed by atoms with Crippen molar-refractivity contribution in [3.05, 3.63) is 30.1 Å². The summed E-state index contributed by atoms with van der Waals surface area (Å²) in [4.78, 5) is 37.2. The van der Waals surface area contributed by atoms with Gasteiger partial charge in [-0.2, -0.15) is 0 Å². The van der Waals surface area contributed by atoms with Gasteiger partial charge in [-0.3, -0.25) is 19.4 Å². The van der Waals surface area contributed by atoms with Crippen LogP contribution in [0.5, 0.6) is 0 Å². The molecule has 7 heteroatoms. The average Bonchev–Trinajstić information content (AvgIpc) is 2.41. The van der Waals surface area contributed by atoms with Crippen LogP contribution in [0.25, 0.3) is 0 Å². The molecule has 0 unspecified atom stereocenters. The number of nitrogens with zero attached hydrogens (tertiary/aromatic N) is 1. The molecule has 1 aromatic heterocycles. The van der Waals surface area contributed by atoms with E-state index in [1.807, 2.05) is 0 Å². The summed E-state index contributed by atoms with van der Waals surface area (Å²) in [6.07, 6.45) is 3.21. The molecule has 0 aliphatic rings. The molecule has 0 radical (unpaired) electrons. The normalized spacial score (nSPS) is 9.53. The number of carbonyl (C=O) groups is 3. The molecule has 0 atom stereocenters. The quantitative estimate of drug-likeness (QED) is 0.466. The Kier molecular flexibility index (Phi) is 6.00. The third kappa shape index (κ3) is 6.16. The summed E-state index contributed by atoms with van der Waals surface area (Å²) in [6.45, 7) is 2.14. The molecule has 0 saturated heterocycles. The van der Waals surface area contributed by atoms with Gasteiger partial charge < -0.3 is 16.0 Å². The van der Waals surface area contributed by atoms with Crippen LogP contribution in [-0.2, 0) is 20.9 Å². The lowest BCUT2D eigenvalue weighted by Crippen LogP contribution is -2.42. The van der Waals surface area contributed by atoms with Crippen LogP contribution in [0.4, 0.5) is 0 Å². The molecule has 0 aliphatic carbocycles. The Morgan fingerprint density at radius 3 is 2.21 bits per heavy atom. The number of hydrogen-bond acceptors (Lipinski definition) is 4. The zero-order valence-corrected chi connectivity index (χ0v) is 10.6. The highest BCUT2D eigenvalue weighted by Gasteiger charge is 2.11. The molecule has 1 aromatic rings. The van der Waals surface area contributed by atoms with Crippen molar-refractivity contribution < 1.29 is 14.4 Å². The third-order valence-corrected chi connectivity index (χ3v) is 2.19. The summed E-state index contributed by atoms with van der Waals surface area (Å²) >= 11 is 0. The van der Waals surface area contributed by atoms with Crippen molar-refractivity contribution in [3.8, 4) is 0 Å². The van der Waals surface area contributed by atoms with Gasteiger partial charge in [-0.15, -0.1) is 0 Å². The van der Waals surface area contributed by atoms with E-state index in [1.165, 1.54) is 6.92 Å². The van der Waals surface area contributed by atoms with E-state index in [0.29, 0.717) is 6.54 Å². The predicted molar refractivity (Wildman–Crippen MR) is 67.8 cm³/mol. The van der Waals surface area contributed by atoms with Gasteiger partial charge in [-0.25, -0.2) is 0 Å². The fraction of sp³-hybridized carbons (Fsp3) is 0.333. The van der Waals surface area contributed by atoms with Crippen molar-refractivity contribution in [2.75, 3.05) is 13.1 Å². The highest BCUT2D eigenvalue weighted by atomic mass is 16.2. The lowest BCUT2D eigenvalue weighted by atomic mass is 10.3. The first-order chi connectivity index (χ1) is 9.09. The van der Waals surface area contributed by atoms with E-state index in [9.17, 15) is 14.4 Å². The van der Waals surface area contributed by atoms with Crippen molar-refractivity contribution in [1.29, 1.82) is 0 Å². The van der Waals surface area contributed by atoms with Crippen molar-refractivity contribution in [1.82, 2.24) is 20.9 Å². The van der Waals surface area contributed by atoms with Gasteiger partial charge in [0.25, 0.3) is 0 Å². The van der Waals surface area contributed by atoms with E-state index in [4.69, 9.17) is 0 Å². The Bertz CT molecular complexity index is 448. The molecule has 3 amide bonds. The maximum Gasteiger partial charge on any atom is 0.309 e. The van der Waals surface area contributed by atoms with Gasteiger partial charge in [0, 0.05) is 39.0 Å². The molecule has 0 spiro atoms. The zero-order chi connectivity index (χ0) is 14.1.